The highest BCUT2D eigenvalue weighted by molar-refractivity contribution is 5.15. The van der Waals surface area contributed by atoms with Gasteiger partial charge in [0.1, 0.15) is 0 Å². The lowest BCUT2D eigenvalue weighted by atomic mass is 9.96. The van der Waals surface area contributed by atoms with E-state index in [0.717, 1.165) is 5.70 Å². The Morgan fingerprint density at radius 3 is 2.27 bits per heavy atom. The van der Waals surface area contributed by atoms with Crippen LogP contribution in [0.15, 0.2) is 37.2 Å². The van der Waals surface area contributed by atoms with Crippen molar-refractivity contribution in [1.29, 1.82) is 0 Å². The molecule has 0 saturated heterocycles. The van der Waals surface area contributed by atoms with Gasteiger partial charge in [-0.05, 0) is 17.7 Å². The minimum Gasteiger partial charge on any atom is -0.363 e. The van der Waals surface area contributed by atoms with Crippen molar-refractivity contribution < 1.29 is 0 Å². The molecule has 0 aromatic rings. The fraction of sp³-hybridized carbons (Fsp3) is 0.400. The second-order valence-electron chi connectivity index (χ2n) is 3.57. The van der Waals surface area contributed by atoms with E-state index in [1.165, 1.54) is 0 Å². The second kappa shape index (κ2) is 4.02. The van der Waals surface area contributed by atoms with Crippen LogP contribution in [-0.2, 0) is 0 Å². The van der Waals surface area contributed by atoms with Crippen molar-refractivity contribution in [3.63, 3.8) is 0 Å². The lowest BCUT2D eigenvalue weighted by molar-refractivity contribution is 0.543. The summed E-state index contributed by atoms with van der Waals surface area (Å²) in [6, 6.07) is 0. The van der Waals surface area contributed by atoms with Crippen LogP contribution in [0.5, 0.6) is 0 Å². The van der Waals surface area contributed by atoms with Crippen molar-refractivity contribution in [3.8, 4) is 0 Å². The fourth-order valence-corrected chi connectivity index (χ4v) is 0.530. The van der Waals surface area contributed by atoms with Crippen molar-refractivity contribution in [2.75, 3.05) is 0 Å². The Hall–Kier alpha value is -0.980. The van der Waals surface area contributed by atoms with E-state index >= 15 is 0 Å². The largest absolute Gasteiger partial charge is 0.363 e. The molecule has 0 saturated carbocycles. The Morgan fingerprint density at radius 2 is 1.91 bits per heavy atom. The maximum absolute atomic E-state index is 3.78. The molecule has 62 valence electrons. The summed E-state index contributed by atoms with van der Waals surface area (Å²) in [7, 11) is 0. The van der Waals surface area contributed by atoms with Crippen molar-refractivity contribution >= 4 is 0 Å². The number of nitrogens with one attached hydrogen (secondary N) is 1. The van der Waals surface area contributed by atoms with Gasteiger partial charge in [-0.1, -0.05) is 40.0 Å². The molecular formula is C10H17N. The van der Waals surface area contributed by atoms with E-state index < -0.39 is 0 Å². The molecule has 0 aliphatic carbocycles. The molecule has 11 heavy (non-hydrogen) atoms. The molecule has 0 aliphatic rings. The summed E-state index contributed by atoms with van der Waals surface area (Å²) < 4.78 is 0. The Kier molecular flexibility index (Phi) is 3.66. The minimum absolute atomic E-state index is 0.214. The molecule has 0 rings (SSSR count). The normalized spacial score (nSPS) is 11.5. The number of hydrogen-bond acceptors (Lipinski definition) is 1. The topological polar surface area (TPSA) is 12.0 Å². The monoisotopic (exact) mass is 151 g/mol. The third-order valence-electron chi connectivity index (χ3n) is 1.07. The summed E-state index contributed by atoms with van der Waals surface area (Å²) in [5, 5.41) is 2.90. The van der Waals surface area contributed by atoms with Gasteiger partial charge in [0.2, 0.25) is 0 Å². The van der Waals surface area contributed by atoms with Crippen LogP contribution in [0.25, 0.3) is 0 Å². The van der Waals surface area contributed by atoms with Crippen molar-refractivity contribution in [2.24, 2.45) is 5.41 Å². The van der Waals surface area contributed by atoms with E-state index in [4.69, 9.17) is 0 Å². The molecule has 0 heterocycles. The van der Waals surface area contributed by atoms with Gasteiger partial charge in [-0.25, -0.2) is 0 Å². The molecule has 1 N–H and O–H groups in total. The molecule has 0 aromatic carbocycles. The summed E-state index contributed by atoms with van der Waals surface area (Å²) in [4.78, 5) is 0. The highest BCUT2D eigenvalue weighted by Gasteiger charge is 2.02. The van der Waals surface area contributed by atoms with Crippen LogP contribution in [-0.4, -0.2) is 0 Å². The fourth-order valence-electron chi connectivity index (χ4n) is 0.530. The van der Waals surface area contributed by atoms with Crippen molar-refractivity contribution in [2.45, 2.75) is 20.8 Å². The molecule has 1 nitrogen and oxygen atoms in total. The van der Waals surface area contributed by atoms with Gasteiger partial charge in [0.25, 0.3) is 0 Å². The Bertz CT molecular complexity index is 170. The van der Waals surface area contributed by atoms with Crippen LogP contribution in [0.2, 0.25) is 0 Å². The minimum atomic E-state index is 0.214. The number of allylic oxidation sites excluding steroid dienone is 2. The summed E-state index contributed by atoms with van der Waals surface area (Å²) in [5.74, 6) is 0. The first-order valence-corrected chi connectivity index (χ1v) is 3.71. The average molecular weight is 151 g/mol. The van der Waals surface area contributed by atoms with Crippen molar-refractivity contribution in [3.05, 3.63) is 37.2 Å². The third kappa shape index (κ3) is 6.91. The Labute approximate surface area is 69.5 Å². The van der Waals surface area contributed by atoms with E-state index in [0.29, 0.717) is 0 Å². The molecule has 0 amide bonds. The van der Waals surface area contributed by atoms with E-state index in [9.17, 15) is 0 Å². The van der Waals surface area contributed by atoms with Gasteiger partial charge in [0.15, 0.2) is 0 Å². The predicted molar refractivity (Wildman–Crippen MR) is 51.1 cm³/mol. The summed E-state index contributed by atoms with van der Waals surface area (Å²) >= 11 is 0. The van der Waals surface area contributed by atoms with Crippen LogP contribution >= 0.6 is 0 Å². The van der Waals surface area contributed by atoms with E-state index in [2.05, 4.69) is 45.3 Å². The lowest BCUT2D eigenvalue weighted by Crippen LogP contribution is -2.03. The third-order valence-corrected chi connectivity index (χ3v) is 1.07. The lowest BCUT2D eigenvalue weighted by Gasteiger charge is -2.11. The molecule has 1 heteroatoms. The maximum Gasteiger partial charge on any atom is 0.0303 e. The second-order valence-corrected chi connectivity index (χ2v) is 3.57. The molecular weight excluding hydrogens is 134 g/mol. The quantitative estimate of drug-likeness (QED) is 0.611. The zero-order valence-corrected chi connectivity index (χ0v) is 7.65. The van der Waals surface area contributed by atoms with Gasteiger partial charge in [0, 0.05) is 5.70 Å². The summed E-state index contributed by atoms with van der Waals surface area (Å²) in [6.07, 6.45) is 5.68. The zero-order valence-electron chi connectivity index (χ0n) is 7.65. The van der Waals surface area contributed by atoms with Crippen LogP contribution in [0, 0.1) is 5.41 Å². The zero-order chi connectivity index (χ0) is 8.91. The molecule has 0 aliphatic heterocycles. The van der Waals surface area contributed by atoms with E-state index in [1.54, 1.807) is 6.20 Å². The van der Waals surface area contributed by atoms with Gasteiger partial charge in [0.05, 0.1) is 0 Å². The van der Waals surface area contributed by atoms with Gasteiger partial charge in [-0.15, -0.1) is 0 Å². The SMILES string of the molecule is C=CNC(=C)/C=C\C(C)(C)C. The van der Waals surface area contributed by atoms with Crippen LogP contribution in [0.4, 0.5) is 0 Å². The average Bonchev–Trinajstić information content (AvgIpc) is 1.83. The van der Waals surface area contributed by atoms with Crippen molar-refractivity contribution in [1.82, 2.24) is 5.32 Å². The first kappa shape index (κ1) is 10.0. The van der Waals surface area contributed by atoms with E-state index in [1.807, 2.05) is 6.08 Å². The molecule has 0 unspecified atom stereocenters. The molecule has 0 atom stereocenters. The maximum atomic E-state index is 3.78. The van der Waals surface area contributed by atoms with Crippen LogP contribution in [0.3, 0.4) is 0 Å². The predicted octanol–water partition coefficient (Wildman–Crippen LogP) is 2.84. The first-order valence-electron chi connectivity index (χ1n) is 3.71. The summed E-state index contributed by atoms with van der Waals surface area (Å²) in [6.45, 7) is 13.7. The standard InChI is InChI=1S/C10H17N/c1-6-11-9(2)7-8-10(3,4)5/h6-8,11H,1-2H2,3-5H3/b8-7-. The Balaban J connectivity index is 3.93. The van der Waals surface area contributed by atoms with Gasteiger partial charge in [-0.2, -0.15) is 0 Å². The molecule has 0 radical (unpaired) electrons. The number of rotatable bonds is 3. The highest BCUT2D eigenvalue weighted by atomic mass is 14.8. The van der Waals surface area contributed by atoms with Gasteiger partial charge in [-0.3, -0.25) is 0 Å². The molecule has 0 fully saturated rings. The summed E-state index contributed by atoms with van der Waals surface area (Å²) in [5.41, 5.74) is 1.08. The molecule has 0 aromatic heterocycles. The van der Waals surface area contributed by atoms with Crippen LogP contribution in [0.1, 0.15) is 20.8 Å². The molecule has 0 bridgehead atoms. The first-order chi connectivity index (χ1) is 4.95. The highest BCUT2D eigenvalue weighted by Crippen LogP contribution is 2.14. The number of hydrogen-bond donors (Lipinski definition) is 1. The smallest absolute Gasteiger partial charge is 0.0303 e. The molecule has 0 spiro atoms. The van der Waals surface area contributed by atoms with Gasteiger partial charge >= 0.3 is 0 Å². The van der Waals surface area contributed by atoms with Gasteiger partial charge < -0.3 is 5.32 Å². The van der Waals surface area contributed by atoms with Crippen LogP contribution < -0.4 is 5.32 Å². The Morgan fingerprint density at radius 1 is 1.36 bits per heavy atom. The van der Waals surface area contributed by atoms with E-state index in [-0.39, 0.29) is 5.41 Å².